The number of sulfonamides is 1. The zero-order valence-electron chi connectivity index (χ0n) is 9.74. The van der Waals surface area contributed by atoms with Gasteiger partial charge in [-0.3, -0.25) is 4.79 Å². The van der Waals surface area contributed by atoms with E-state index in [4.69, 9.17) is 5.11 Å². The van der Waals surface area contributed by atoms with Gasteiger partial charge in [0, 0.05) is 6.04 Å². The van der Waals surface area contributed by atoms with Crippen LogP contribution in [-0.4, -0.2) is 25.2 Å². The molecule has 1 atom stereocenters. The Balaban J connectivity index is 2.15. The molecule has 1 unspecified atom stereocenters. The Kier molecular flexibility index (Phi) is 3.68. The molecule has 98 valence electrons. The lowest BCUT2D eigenvalue weighted by molar-refractivity contribution is -0.134. The van der Waals surface area contributed by atoms with Gasteiger partial charge in [0.15, 0.2) is 5.75 Å². The zero-order chi connectivity index (χ0) is 13.2. The van der Waals surface area contributed by atoms with Crippen LogP contribution in [-0.2, 0) is 14.8 Å². The molecule has 2 rings (SSSR count). The topological polar surface area (TPSA) is 83.5 Å². The Bertz CT molecular complexity index is 522. The van der Waals surface area contributed by atoms with E-state index in [0.29, 0.717) is 0 Å². The summed E-state index contributed by atoms with van der Waals surface area (Å²) in [6.07, 6.45) is 1.93. The molecule has 18 heavy (non-hydrogen) atoms. The monoisotopic (exact) mass is 269 g/mol. The van der Waals surface area contributed by atoms with Crippen molar-refractivity contribution in [3.63, 3.8) is 0 Å². The van der Waals surface area contributed by atoms with Crippen LogP contribution in [0, 0.1) is 5.92 Å². The van der Waals surface area contributed by atoms with E-state index in [2.05, 4.69) is 4.72 Å². The molecular formula is C12H15NO4S. The number of carbonyl (C=O) groups is 1. The average Bonchev–Trinajstić information content (AvgIpc) is 3.09. The first-order valence-electron chi connectivity index (χ1n) is 5.75. The van der Waals surface area contributed by atoms with Gasteiger partial charge in [-0.2, -0.15) is 0 Å². The summed E-state index contributed by atoms with van der Waals surface area (Å²) in [6.45, 7) is 0. The number of hydrogen-bond donors (Lipinski definition) is 2. The Morgan fingerprint density at radius 3 is 2.44 bits per heavy atom. The largest absolute Gasteiger partial charge is 0.480 e. The molecule has 0 amide bonds. The normalized spacial score (nSPS) is 17.3. The Morgan fingerprint density at radius 2 is 1.94 bits per heavy atom. The predicted molar refractivity (Wildman–Crippen MR) is 66.5 cm³/mol. The summed E-state index contributed by atoms with van der Waals surface area (Å²) in [6, 6.07) is 8.94. The maximum Gasteiger partial charge on any atom is 0.320 e. The van der Waals surface area contributed by atoms with Crippen molar-refractivity contribution in [2.24, 2.45) is 5.92 Å². The fourth-order valence-electron chi connectivity index (χ4n) is 1.92. The van der Waals surface area contributed by atoms with E-state index in [1.807, 2.05) is 30.3 Å². The van der Waals surface area contributed by atoms with Gasteiger partial charge < -0.3 is 5.11 Å². The third kappa shape index (κ3) is 3.54. The Morgan fingerprint density at radius 1 is 1.33 bits per heavy atom. The molecule has 1 aliphatic carbocycles. The quantitative estimate of drug-likeness (QED) is 0.811. The molecule has 0 bridgehead atoms. The molecule has 0 spiro atoms. The van der Waals surface area contributed by atoms with Crippen molar-refractivity contribution in [1.82, 2.24) is 4.72 Å². The van der Waals surface area contributed by atoms with Gasteiger partial charge in [0.1, 0.15) is 0 Å². The summed E-state index contributed by atoms with van der Waals surface area (Å²) in [4.78, 5) is 10.5. The second-order valence-electron chi connectivity index (χ2n) is 4.50. The second kappa shape index (κ2) is 5.07. The minimum atomic E-state index is -3.78. The van der Waals surface area contributed by atoms with Gasteiger partial charge in [-0.15, -0.1) is 0 Å². The SMILES string of the molecule is O=C(O)CS(=O)(=O)NC(c1ccccc1)C1CC1. The Labute approximate surface area is 106 Å². The zero-order valence-corrected chi connectivity index (χ0v) is 10.6. The molecule has 6 heteroatoms. The van der Waals surface area contributed by atoms with E-state index in [0.717, 1.165) is 18.4 Å². The van der Waals surface area contributed by atoms with Crippen molar-refractivity contribution in [2.75, 3.05) is 5.75 Å². The lowest BCUT2D eigenvalue weighted by atomic mass is 10.0. The minimum Gasteiger partial charge on any atom is -0.480 e. The van der Waals surface area contributed by atoms with Crippen molar-refractivity contribution in [1.29, 1.82) is 0 Å². The fraction of sp³-hybridized carbons (Fsp3) is 0.417. The summed E-state index contributed by atoms with van der Waals surface area (Å²) in [5, 5.41) is 8.57. The van der Waals surface area contributed by atoms with Crippen LogP contribution in [0.2, 0.25) is 0 Å². The van der Waals surface area contributed by atoms with Gasteiger partial charge in [-0.25, -0.2) is 13.1 Å². The van der Waals surface area contributed by atoms with Crippen LogP contribution >= 0.6 is 0 Å². The van der Waals surface area contributed by atoms with E-state index >= 15 is 0 Å². The first-order chi connectivity index (χ1) is 8.48. The van der Waals surface area contributed by atoms with E-state index < -0.39 is 21.7 Å². The minimum absolute atomic E-state index is 0.274. The standard InChI is InChI=1S/C12H15NO4S/c14-11(15)8-18(16,17)13-12(10-6-7-10)9-4-2-1-3-5-9/h1-5,10,12-13H,6-8H2,(H,14,15). The number of rotatable bonds is 6. The number of carboxylic acid groups (broad SMARTS) is 1. The number of benzene rings is 1. The summed E-state index contributed by atoms with van der Waals surface area (Å²) < 4.78 is 25.8. The number of hydrogen-bond acceptors (Lipinski definition) is 3. The second-order valence-corrected chi connectivity index (χ2v) is 6.25. The third-order valence-corrected chi connectivity index (χ3v) is 4.11. The maximum atomic E-state index is 11.7. The lowest BCUT2D eigenvalue weighted by Crippen LogP contribution is -2.34. The Hall–Kier alpha value is -1.40. The van der Waals surface area contributed by atoms with Gasteiger partial charge in [-0.05, 0) is 24.3 Å². The van der Waals surface area contributed by atoms with E-state index in [-0.39, 0.29) is 12.0 Å². The van der Waals surface area contributed by atoms with Crippen molar-refractivity contribution in [2.45, 2.75) is 18.9 Å². The maximum absolute atomic E-state index is 11.7. The summed E-state index contributed by atoms with van der Waals surface area (Å²) >= 11 is 0. The van der Waals surface area contributed by atoms with E-state index in [1.54, 1.807) is 0 Å². The summed E-state index contributed by atoms with van der Waals surface area (Å²) in [5.41, 5.74) is 0.883. The summed E-state index contributed by atoms with van der Waals surface area (Å²) in [7, 11) is -3.78. The fourth-order valence-corrected chi connectivity index (χ4v) is 3.05. The molecule has 0 aromatic heterocycles. The van der Waals surface area contributed by atoms with Crippen molar-refractivity contribution >= 4 is 16.0 Å². The molecule has 1 aromatic carbocycles. The van der Waals surface area contributed by atoms with E-state index in [9.17, 15) is 13.2 Å². The highest BCUT2D eigenvalue weighted by atomic mass is 32.2. The first kappa shape index (κ1) is 13.0. The van der Waals surface area contributed by atoms with Gasteiger partial charge in [0.05, 0.1) is 0 Å². The van der Waals surface area contributed by atoms with Crippen molar-refractivity contribution < 1.29 is 18.3 Å². The molecule has 5 nitrogen and oxygen atoms in total. The van der Waals surface area contributed by atoms with E-state index in [1.165, 1.54) is 0 Å². The number of aliphatic carboxylic acids is 1. The molecule has 0 aliphatic heterocycles. The summed E-state index contributed by atoms with van der Waals surface area (Å²) in [5.74, 6) is -1.95. The molecule has 1 aromatic rings. The predicted octanol–water partition coefficient (Wildman–Crippen LogP) is 1.14. The molecule has 0 radical (unpaired) electrons. The number of nitrogens with one attached hydrogen (secondary N) is 1. The first-order valence-corrected chi connectivity index (χ1v) is 7.40. The van der Waals surface area contributed by atoms with Gasteiger partial charge in [0.25, 0.3) is 0 Å². The number of carboxylic acids is 1. The van der Waals surface area contributed by atoms with Crippen LogP contribution in [0.25, 0.3) is 0 Å². The molecule has 0 heterocycles. The highest BCUT2D eigenvalue weighted by molar-refractivity contribution is 7.90. The average molecular weight is 269 g/mol. The lowest BCUT2D eigenvalue weighted by Gasteiger charge is -2.18. The molecule has 1 fully saturated rings. The molecule has 0 saturated heterocycles. The van der Waals surface area contributed by atoms with Crippen LogP contribution in [0.3, 0.4) is 0 Å². The van der Waals surface area contributed by atoms with Crippen LogP contribution < -0.4 is 4.72 Å². The van der Waals surface area contributed by atoms with Crippen molar-refractivity contribution in [3.05, 3.63) is 35.9 Å². The van der Waals surface area contributed by atoms with Gasteiger partial charge in [0.2, 0.25) is 10.0 Å². The smallest absolute Gasteiger partial charge is 0.320 e. The molecular weight excluding hydrogens is 254 g/mol. The highest BCUT2D eigenvalue weighted by Gasteiger charge is 2.35. The van der Waals surface area contributed by atoms with Gasteiger partial charge in [-0.1, -0.05) is 30.3 Å². The third-order valence-electron chi connectivity index (χ3n) is 2.87. The van der Waals surface area contributed by atoms with Crippen LogP contribution in [0.15, 0.2) is 30.3 Å². The molecule has 1 aliphatic rings. The van der Waals surface area contributed by atoms with Crippen LogP contribution in [0.1, 0.15) is 24.4 Å². The van der Waals surface area contributed by atoms with Gasteiger partial charge >= 0.3 is 5.97 Å². The molecule has 2 N–H and O–H groups in total. The van der Waals surface area contributed by atoms with Crippen LogP contribution in [0.4, 0.5) is 0 Å². The van der Waals surface area contributed by atoms with Crippen molar-refractivity contribution in [3.8, 4) is 0 Å². The van der Waals surface area contributed by atoms with Crippen LogP contribution in [0.5, 0.6) is 0 Å². The molecule has 1 saturated carbocycles. The highest BCUT2D eigenvalue weighted by Crippen LogP contribution is 2.41.